The minimum atomic E-state index is -4.83. The lowest BCUT2D eigenvalue weighted by atomic mass is 9.97. The minimum Gasteiger partial charge on any atom is -0.394 e. The topological polar surface area (TPSA) is 126 Å². The minimum absolute atomic E-state index is 0.00987. The summed E-state index contributed by atoms with van der Waals surface area (Å²) in [6.07, 6.45) is -6.25. The van der Waals surface area contributed by atoms with Crippen LogP contribution in [0.25, 0.3) is 11.3 Å². The van der Waals surface area contributed by atoms with Gasteiger partial charge in [0.2, 0.25) is 0 Å². The summed E-state index contributed by atoms with van der Waals surface area (Å²) in [5, 5.41) is 37.0. The molecule has 5 atom stereocenters. The number of benzene rings is 1. The van der Waals surface area contributed by atoms with Crippen molar-refractivity contribution in [3.05, 3.63) is 58.5 Å². The summed E-state index contributed by atoms with van der Waals surface area (Å²) in [6.45, 7) is -0.644. The summed E-state index contributed by atoms with van der Waals surface area (Å²) < 4.78 is 79.7. The van der Waals surface area contributed by atoms with Gasteiger partial charge in [-0.15, -0.1) is 5.10 Å². The third-order valence-corrected chi connectivity index (χ3v) is 7.16. The number of ether oxygens (including phenoxy) is 2. The van der Waals surface area contributed by atoms with Crippen molar-refractivity contribution in [2.45, 2.75) is 40.9 Å². The van der Waals surface area contributed by atoms with Crippen molar-refractivity contribution in [1.29, 1.82) is 5.26 Å². The number of alkyl halides is 3. The largest absolute Gasteiger partial charge is 0.434 e. The molecule has 16 heteroatoms. The molecule has 3 heterocycles. The van der Waals surface area contributed by atoms with Crippen molar-refractivity contribution in [2.75, 3.05) is 13.7 Å². The van der Waals surface area contributed by atoms with Gasteiger partial charge in [0.1, 0.15) is 58.2 Å². The Labute approximate surface area is 220 Å². The molecule has 1 aromatic carbocycles. The van der Waals surface area contributed by atoms with Gasteiger partial charge in [-0.25, -0.2) is 18.4 Å². The molecule has 0 radical (unpaired) electrons. The number of aliphatic hydroxyl groups excluding tert-OH is 2. The summed E-state index contributed by atoms with van der Waals surface area (Å²) in [7, 11) is 1.29. The molecule has 38 heavy (non-hydrogen) atoms. The van der Waals surface area contributed by atoms with E-state index in [4.69, 9.17) is 26.3 Å². The van der Waals surface area contributed by atoms with Crippen LogP contribution in [0.4, 0.5) is 22.0 Å². The molecule has 1 aliphatic heterocycles. The molecule has 1 saturated heterocycles. The molecule has 0 bridgehead atoms. The first kappa shape index (κ1) is 28.1. The summed E-state index contributed by atoms with van der Waals surface area (Å²) >= 11 is 6.38. The summed E-state index contributed by atoms with van der Waals surface area (Å²) in [5.41, 5.74) is -3.04. The van der Waals surface area contributed by atoms with E-state index in [9.17, 15) is 32.2 Å². The van der Waals surface area contributed by atoms with E-state index in [1.54, 1.807) is 0 Å². The highest BCUT2D eigenvalue weighted by molar-refractivity contribution is 7.99. The van der Waals surface area contributed by atoms with Gasteiger partial charge in [0, 0.05) is 23.8 Å². The molecule has 0 spiro atoms. The van der Waals surface area contributed by atoms with Crippen molar-refractivity contribution in [3.63, 3.8) is 0 Å². The van der Waals surface area contributed by atoms with Gasteiger partial charge in [-0.1, -0.05) is 28.6 Å². The first-order valence-corrected chi connectivity index (χ1v) is 11.9. The molecule has 9 nitrogen and oxygen atoms in total. The first-order chi connectivity index (χ1) is 18.0. The molecule has 2 N–H and O–H groups in total. The maximum Gasteiger partial charge on any atom is 0.434 e. The Balaban J connectivity index is 1.67. The zero-order valence-corrected chi connectivity index (χ0v) is 20.7. The van der Waals surface area contributed by atoms with Crippen LogP contribution in [-0.2, 0) is 15.7 Å². The Bertz CT molecular complexity index is 1350. The van der Waals surface area contributed by atoms with Crippen LogP contribution in [-0.4, -0.2) is 67.7 Å². The highest BCUT2D eigenvalue weighted by Crippen LogP contribution is 2.41. The molecule has 0 aliphatic carbocycles. The molecule has 3 aromatic rings. The number of thioether (sulfide) groups is 1. The first-order valence-electron chi connectivity index (χ1n) is 10.7. The molecule has 1 aliphatic rings. The smallest absolute Gasteiger partial charge is 0.394 e. The van der Waals surface area contributed by atoms with E-state index in [-0.39, 0.29) is 16.2 Å². The van der Waals surface area contributed by atoms with Crippen LogP contribution in [0.1, 0.15) is 17.3 Å². The maximum absolute atomic E-state index is 13.9. The van der Waals surface area contributed by atoms with Crippen molar-refractivity contribution < 1.29 is 41.6 Å². The number of nitrogens with zero attached hydrogens (tertiary/aromatic N) is 5. The second-order valence-corrected chi connectivity index (χ2v) is 9.59. The van der Waals surface area contributed by atoms with Crippen molar-refractivity contribution in [2.24, 2.45) is 0 Å². The van der Waals surface area contributed by atoms with Gasteiger partial charge in [-0.05, 0) is 18.2 Å². The zero-order chi connectivity index (χ0) is 27.8. The quantitative estimate of drug-likeness (QED) is 0.334. The number of halogens is 6. The molecule has 4 rings (SSSR count). The molecular formula is C22H17ClF5N5O4S. The van der Waals surface area contributed by atoms with E-state index in [0.29, 0.717) is 0 Å². The molecular weight excluding hydrogens is 561 g/mol. The fourth-order valence-corrected chi connectivity index (χ4v) is 5.20. The van der Waals surface area contributed by atoms with Crippen LogP contribution in [0.2, 0.25) is 5.02 Å². The highest BCUT2D eigenvalue weighted by Gasteiger charge is 2.47. The number of nitriles is 1. The number of rotatable bonds is 6. The van der Waals surface area contributed by atoms with Crippen LogP contribution in [0.5, 0.6) is 0 Å². The second kappa shape index (κ2) is 11.1. The Morgan fingerprint density at radius 1 is 1.26 bits per heavy atom. The monoisotopic (exact) mass is 577 g/mol. The number of hydrogen-bond donors (Lipinski definition) is 2. The van der Waals surface area contributed by atoms with E-state index >= 15 is 0 Å². The van der Waals surface area contributed by atoms with E-state index in [1.165, 1.54) is 24.1 Å². The summed E-state index contributed by atoms with van der Waals surface area (Å²) in [4.78, 5) is 3.49. The van der Waals surface area contributed by atoms with Crippen molar-refractivity contribution in [1.82, 2.24) is 20.0 Å². The molecule has 1 fully saturated rings. The Hall–Kier alpha value is -2.87. The number of aromatic nitrogens is 4. The third-order valence-electron chi connectivity index (χ3n) is 5.70. The standard InChI is InChI=1S/C22H17ClF5N5O4S/c1-36-19-17(33-7-14(31-32-33)9-3-12(24)16(23)13(25)4-9)18(35)15(8-34)37-21(19)38-11-2-10(5-29)20(30-6-11)22(26,27)28/h2-4,6-7,15,17-19,21,34-35H,8H2,1H3. The highest BCUT2D eigenvalue weighted by atomic mass is 35.5. The van der Waals surface area contributed by atoms with Gasteiger partial charge < -0.3 is 19.7 Å². The molecule has 0 saturated carbocycles. The summed E-state index contributed by atoms with van der Waals surface area (Å²) in [5.74, 6) is -2.04. The van der Waals surface area contributed by atoms with Crippen LogP contribution < -0.4 is 0 Å². The molecule has 202 valence electrons. The number of pyridine rings is 1. The van der Waals surface area contributed by atoms with E-state index in [0.717, 1.165) is 36.2 Å². The van der Waals surface area contributed by atoms with Crippen LogP contribution in [0, 0.1) is 23.0 Å². The molecule has 2 aromatic heterocycles. The van der Waals surface area contributed by atoms with Gasteiger partial charge in [0.25, 0.3) is 0 Å². The van der Waals surface area contributed by atoms with Gasteiger partial charge in [0.15, 0.2) is 5.69 Å². The van der Waals surface area contributed by atoms with Crippen LogP contribution in [0.3, 0.4) is 0 Å². The predicted octanol–water partition coefficient (Wildman–Crippen LogP) is 3.59. The third kappa shape index (κ3) is 5.46. The Morgan fingerprint density at radius 2 is 1.95 bits per heavy atom. The van der Waals surface area contributed by atoms with Crippen LogP contribution in [0.15, 0.2) is 35.5 Å². The second-order valence-electron chi connectivity index (χ2n) is 8.04. The Kier molecular flexibility index (Phi) is 8.21. The maximum atomic E-state index is 13.9. The van der Waals surface area contributed by atoms with E-state index in [2.05, 4.69) is 15.3 Å². The number of hydrogen-bond acceptors (Lipinski definition) is 9. The number of aliphatic hydroxyl groups is 2. The SMILES string of the molecule is COC1C(Sc2cnc(C(F)(F)F)c(C#N)c2)OC(CO)C(O)C1n1cc(-c2cc(F)c(Cl)c(F)c2)nn1. The van der Waals surface area contributed by atoms with E-state index < -0.39 is 70.5 Å². The van der Waals surface area contributed by atoms with E-state index in [1.807, 2.05) is 0 Å². The average Bonchev–Trinajstić information content (AvgIpc) is 3.36. The fourth-order valence-electron chi connectivity index (χ4n) is 3.92. The van der Waals surface area contributed by atoms with Crippen LogP contribution >= 0.6 is 23.4 Å². The fraction of sp³-hybridized carbons (Fsp3) is 0.364. The lowest BCUT2D eigenvalue weighted by Gasteiger charge is -2.43. The predicted molar refractivity (Wildman–Crippen MR) is 122 cm³/mol. The van der Waals surface area contributed by atoms with Gasteiger partial charge in [-0.2, -0.15) is 18.4 Å². The lowest BCUT2D eigenvalue weighted by Crippen LogP contribution is -2.55. The van der Waals surface area contributed by atoms with Crippen molar-refractivity contribution in [3.8, 4) is 17.3 Å². The normalized spacial score (nSPS) is 23.8. The van der Waals surface area contributed by atoms with Gasteiger partial charge in [-0.3, -0.25) is 0 Å². The lowest BCUT2D eigenvalue weighted by molar-refractivity contribution is -0.186. The number of methoxy groups -OCH3 is 1. The zero-order valence-electron chi connectivity index (χ0n) is 19.1. The summed E-state index contributed by atoms with van der Waals surface area (Å²) in [6, 6.07) is 3.29. The molecule has 0 amide bonds. The Morgan fingerprint density at radius 3 is 2.53 bits per heavy atom. The van der Waals surface area contributed by atoms with Gasteiger partial charge >= 0.3 is 6.18 Å². The average molecular weight is 578 g/mol. The van der Waals surface area contributed by atoms with Crippen molar-refractivity contribution >= 4 is 23.4 Å². The molecule has 5 unspecified atom stereocenters. The van der Waals surface area contributed by atoms with Gasteiger partial charge in [0.05, 0.1) is 18.4 Å².